The first-order valence-electron chi connectivity index (χ1n) is 4.93. The number of alkyl halides is 1. The van der Waals surface area contributed by atoms with Crippen molar-refractivity contribution >= 4 is 22.9 Å². The van der Waals surface area contributed by atoms with Crippen molar-refractivity contribution in [3.05, 3.63) is 22.4 Å². The lowest BCUT2D eigenvalue weighted by Gasteiger charge is -2.03. The average molecular weight is 228 g/mol. The van der Waals surface area contributed by atoms with Crippen molar-refractivity contribution in [3.8, 4) is 0 Å². The number of hydrogen-bond donors (Lipinski definition) is 0. The van der Waals surface area contributed by atoms with E-state index in [1.165, 1.54) is 6.07 Å². The largest absolute Gasteiger partial charge is 0.287 e. The summed E-state index contributed by atoms with van der Waals surface area (Å²) in [5, 5.41) is 1.69. The molecule has 0 amide bonds. The number of carbonyl (C=O) groups is 2. The van der Waals surface area contributed by atoms with Crippen LogP contribution in [0.25, 0.3) is 0 Å². The summed E-state index contributed by atoms with van der Waals surface area (Å²) in [6, 6.07) is 3.21. The lowest BCUT2D eigenvalue weighted by atomic mass is 10.1. The van der Waals surface area contributed by atoms with Crippen LogP contribution in [0.15, 0.2) is 17.5 Å². The van der Waals surface area contributed by atoms with Crippen LogP contribution in [0.2, 0.25) is 0 Å². The van der Waals surface area contributed by atoms with Crippen molar-refractivity contribution in [1.29, 1.82) is 0 Å². The SMILES string of the molecule is CCCCC(F)C(=O)C(=O)c1cccs1. The normalized spacial score (nSPS) is 12.4. The number of ketones is 2. The topological polar surface area (TPSA) is 34.1 Å². The molecule has 4 heteroatoms. The van der Waals surface area contributed by atoms with Crippen LogP contribution in [0.5, 0.6) is 0 Å². The van der Waals surface area contributed by atoms with Crippen molar-refractivity contribution in [3.63, 3.8) is 0 Å². The Morgan fingerprint density at radius 3 is 2.80 bits per heavy atom. The van der Waals surface area contributed by atoms with Gasteiger partial charge in [-0.25, -0.2) is 4.39 Å². The van der Waals surface area contributed by atoms with Crippen LogP contribution in [-0.2, 0) is 4.79 Å². The molecule has 82 valence electrons. The molecule has 2 nitrogen and oxygen atoms in total. The fourth-order valence-corrected chi connectivity index (χ4v) is 1.85. The summed E-state index contributed by atoms with van der Waals surface area (Å²) >= 11 is 1.16. The Labute approximate surface area is 92.1 Å². The van der Waals surface area contributed by atoms with Crippen LogP contribution in [0.1, 0.15) is 35.9 Å². The first-order valence-corrected chi connectivity index (χ1v) is 5.81. The first kappa shape index (κ1) is 12.0. The van der Waals surface area contributed by atoms with E-state index in [1.54, 1.807) is 11.4 Å². The van der Waals surface area contributed by atoms with Crippen LogP contribution in [0, 0.1) is 0 Å². The highest BCUT2D eigenvalue weighted by atomic mass is 32.1. The molecule has 15 heavy (non-hydrogen) atoms. The molecule has 0 saturated carbocycles. The quantitative estimate of drug-likeness (QED) is 0.554. The minimum Gasteiger partial charge on any atom is -0.287 e. The summed E-state index contributed by atoms with van der Waals surface area (Å²) in [5.74, 6) is -1.61. The number of carbonyl (C=O) groups excluding carboxylic acids is 2. The summed E-state index contributed by atoms with van der Waals surface area (Å²) in [6.45, 7) is 1.91. The molecule has 0 aliphatic carbocycles. The van der Waals surface area contributed by atoms with Crippen LogP contribution in [-0.4, -0.2) is 17.7 Å². The second kappa shape index (κ2) is 5.75. The van der Waals surface area contributed by atoms with E-state index in [0.29, 0.717) is 11.3 Å². The Morgan fingerprint density at radius 2 is 2.27 bits per heavy atom. The minimum absolute atomic E-state index is 0.145. The summed E-state index contributed by atoms with van der Waals surface area (Å²) < 4.78 is 13.3. The van der Waals surface area contributed by atoms with Crippen LogP contribution in [0.3, 0.4) is 0 Å². The molecule has 0 N–H and O–H groups in total. The zero-order chi connectivity index (χ0) is 11.3. The van der Waals surface area contributed by atoms with Crippen LogP contribution >= 0.6 is 11.3 Å². The molecule has 0 bridgehead atoms. The molecule has 0 spiro atoms. The highest BCUT2D eigenvalue weighted by molar-refractivity contribution is 7.13. The fourth-order valence-electron chi connectivity index (χ4n) is 1.19. The Morgan fingerprint density at radius 1 is 1.53 bits per heavy atom. The molecule has 0 saturated heterocycles. The highest BCUT2D eigenvalue weighted by Gasteiger charge is 2.25. The lowest BCUT2D eigenvalue weighted by Crippen LogP contribution is -2.24. The third kappa shape index (κ3) is 3.23. The molecule has 1 aromatic heterocycles. The van der Waals surface area contributed by atoms with Gasteiger partial charge in [0.2, 0.25) is 11.6 Å². The summed E-state index contributed by atoms with van der Waals surface area (Å²) in [7, 11) is 0. The van der Waals surface area contributed by atoms with E-state index >= 15 is 0 Å². The van der Waals surface area contributed by atoms with Gasteiger partial charge in [0.1, 0.15) is 0 Å². The number of Topliss-reactive ketones (excluding diaryl/α,β-unsaturated/α-hetero) is 2. The molecule has 1 aromatic rings. The Hall–Kier alpha value is -1.03. The fraction of sp³-hybridized carbons (Fsp3) is 0.455. The van der Waals surface area contributed by atoms with Gasteiger partial charge in [-0.2, -0.15) is 0 Å². The van der Waals surface area contributed by atoms with Gasteiger partial charge in [0.25, 0.3) is 0 Å². The number of unbranched alkanes of at least 4 members (excludes halogenated alkanes) is 1. The number of hydrogen-bond acceptors (Lipinski definition) is 3. The Balaban J connectivity index is 2.57. The number of halogens is 1. The van der Waals surface area contributed by atoms with Gasteiger partial charge >= 0.3 is 0 Å². The minimum atomic E-state index is -1.64. The molecule has 0 radical (unpaired) electrons. The summed E-state index contributed by atoms with van der Waals surface area (Å²) in [5.41, 5.74) is 0. The molecule has 1 atom stereocenters. The van der Waals surface area contributed by atoms with E-state index in [4.69, 9.17) is 0 Å². The molecular formula is C11H13FO2S. The van der Waals surface area contributed by atoms with E-state index in [9.17, 15) is 14.0 Å². The van der Waals surface area contributed by atoms with E-state index in [2.05, 4.69) is 0 Å². The van der Waals surface area contributed by atoms with E-state index in [1.807, 2.05) is 6.92 Å². The van der Waals surface area contributed by atoms with Crippen LogP contribution < -0.4 is 0 Å². The van der Waals surface area contributed by atoms with Crippen molar-refractivity contribution in [1.82, 2.24) is 0 Å². The van der Waals surface area contributed by atoms with Crippen molar-refractivity contribution in [2.45, 2.75) is 32.4 Å². The van der Waals surface area contributed by atoms with Gasteiger partial charge in [-0.3, -0.25) is 9.59 Å². The zero-order valence-corrected chi connectivity index (χ0v) is 9.35. The predicted molar refractivity (Wildman–Crippen MR) is 58.1 cm³/mol. The van der Waals surface area contributed by atoms with E-state index in [0.717, 1.165) is 17.8 Å². The maximum absolute atomic E-state index is 13.3. The first-order chi connectivity index (χ1) is 7.16. The second-order valence-electron chi connectivity index (χ2n) is 3.28. The van der Waals surface area contributed by atoms with Gasteiger partial charge < -0.3 is 0 Å². The second-order valence-corrected chi connectivity index (χ2v) is 4.23. The van der Waals surface area contributed by atoms with Gasteiger partial charge in [0.15, 0.2) is 6.17 Å². The number of thiophene rings is 1. The molecular weight excluding hydrogens is 215 g/mol. The third-order valence-corrected chi connectivity index (χ3v) is 2.93. The van der Waals surface area contributed by atoms with Gasteiger partial charge in [0.05, 0.1) is 4.88 Å². The standard InChI is InChI=1S/C11H13FO2S/c1-2-3-5-8(12)10(13)11(14)9-6-4-7-15-9/h4,6-8H,2-3,5H2,1H3. The summed E-state index contributed by atoms with van der Waals surface area (Å²) in [4.78, 5) is 23.1. The monoisotopic (exact) mass is 228 g/mol. The maximum atomic E-state index is 13.3. The van der Waals surface area contributed by atoms with E-state index in [-0.39, 0.29) is 6.42 Å². The highest BCUT2D eigenvalue weighted by Crippen LogP contribution is 2.14. The lowest BCUT2D eigenvalue weighted by molar-refractivity contribution is -0.119. The van der Waals surface area contributed by atoms with Gasteiger partial charge in [-0.05, 0) is 17.9 Å². The van der Waals surface area contributed by atoms with Crippen molar-refractivity contribution in [2.75, 3.05) is 0 Å². The molecule has 0 aromatic carbocycles. The molecule has 1 heterocycles. The smallest absolute Gasteiger partial charge is 0.241 e. The van der Waals surface area contributed by atoms with Crippen LogP contribution in [0.4, 0.5) is 4.39 Å². The molecule has 1 unspecified atom stereocenters. The summed E-state index contributed by atoms with van der Waals surface area (Å²) in [6.07, 6.45) is -0.0441. The van der Waals surface area contributed by atoms with Gasteiger partial charge in [-0.15, -0.1) is 11.3 Å². The molecule has 0 aliphatic rings. The molecule has 1 rings (SSSR count). The Bertz CT molecular complexity index is 332. The predicted octanol–water partition coefficient (Wildman–Crippen LogP) is 3.03. The zero-order valence-electron chi connectivity index (χ0n) is 8.53. The molecule has 0 fully saturated rings. The Kier molecular flexibility index (Phi) is 4.62. The average Bonchev–Trinajstić information content (AvgIpc) is 2.77. The van der Waals surface area contributed by atoms with Crippen molar-refractivity contribution in [2.24, 2.45) is 0 Å². The van der Waals surface area contributed by atoms with Crippen molar-refractivity contribution < 1.29 is 14.0 Å². The third-order valence-electron chi connectivity index (χ3n) is 2.06. The maximum Gasteiger partial charge on any atom is 0.241 e. The van der Waals surface area contributed by atoms with E-state index < -0.39 is 17.7 Å². The molecule has 0 aliphatic heterocycles. The number of rotatable bonds is 6. The van der Waals surface area contributed by atoms with Gasteiger partial charge in [0, 0.05) is 0 Å². The van der Waals surface area contributed by atoms with Gasteiger partial charge in [-0.1, -0.05) is 25.8 Å².